The zero-order valence-corrected chi connectivity index (χ0v) is 10.2. The van der Waals surface area contributed by atoms with Crippen LogP contribution in [0.5, 0.6) is 5.75 Å². The SMILES string of the molecule is Cc1ccc(OCc2cc(CN)co2)cc1C. The van der Waals surface area contributed by atoms with Gasteiger partial charge in [0.15, 0.2) is 0 Å². The lowest BCUT2D eigenvalue weighted by Crippen LogP contribution is -1.95. The summed E-state index contributed by atoms with van der Waals surface area (Å²) in [5, 5.41) is 0. The Hall–Kier alpha value is -1.74. The van der Waals surface area contributed by atoms with Crippen molar-refractivity contribution in [3.63, 3.8) is 0 Å². The average Bonchev–Trinajstić information content (AvgIpc) is 2.79. The summed E-state index contributed by atoms with van der Waals surface area (Å²) in [6, 6.07) is 7.97. The van der Waals surface area contributed by atoms with Gasteiger partial charge in [-0.15, -0.1) is 0 Å². The Bertz CT molecular complexity index is 503. The Morgan fingerprint density at radius 2 is 2.00 bits per heavy atom. The van der Waals surface area contributed by atoms with Crippen LogP contribution < -0.4 is 10.5 Å². The van der Waals surface area contributed by atoms with Crippen LogP contribution in [-0.2, 0) is 13.2 Å². The van der Waals surface area contributed by atoms with Gasteiger partial charge >= 0.3 is 0 Å². The van der Waals surface area contributed by atoms with E-state index in [0.717, 1.165) is 17.1 Å². The number of rotatable bonds is 4. The van der Waals surface area contributed by atoms with E-state index in [9.17, 15) is 0 Å². The number of hydrogen-bond acceptors (Lipinski definition) is 3. The van der Waals surface area contributed by atoms with Gasteiger partial charge in [-0.2, -0.15) is 0 Å². The summed E-state index contributed by atoms with van der Waals surface area (Å²) < 4.78 is 11.0. The van der Waals surface area contributed by atoms with E-state index in [2.05, 4.69) is 19.9 Å². The molecule has 0 bridgehead atoms. The molecule has 2 rings (SSSR count). The molecule has 3 nitrogen and oxygen atoms in total. The third-order valence-electron chi connectivity index (χ3n) is 2.80. The second-order valence-electron chi connectivity index (χ2n) is 4.16. The molecule has 17 heavy (non-hydrogen) atoms. The Morgan fingerprint density at radius 1 is 1.18 bits per heavy atom. The van der Waals surface area contributed by atoms with E-state index in [-0.39, 0.29) is 0 Å². The summed E-state index contributed by atoms with van der Waals surface area (Å²) in [6.07, 6.45) is 1.67. The normalized spacial score (nSPS) is 10.5. The van der Waals surface area contributed by atoms with Gasteiger partial charge in [0, 0.05) is 12.1 Å². The minimum absolute atomic E-state index is 0.433. The maximum absolute atomic E-state index is 5.65. The predicted octanol–water partition coefficient (Wildman–Crippen LogP) is 2.93. The van der Waals surface area contributed by atoms with Crippen LogP contribution in [0.2, 0.25) is 0 Å². The van der Waals surface area contributed by atoms with Crippen molar-refractivity contribution in [2.24, 2.45) is 5.73 Å². The molecule has 0 unspecified atom stereocenters. The first-order valence-electron chi connectivity index (χ1n) is 5.65. The van der Waals surface area contributed by atoms with Crippen molar-refractivity contribution in [3.8, 4) is 5.75 Å². The Morgan fingerprint density at radius 3 is 2.65 bits per heavy atom. The molecule has 1 aromatic carbocycles. The van der Waals surface area contributed by atoms with Crippen LogP contribution in [0.4, 0.5) is 0 Å². The molecule has 90 valence electrons. The molecule has 0 aliphatic heterocycles. The molecule has 2 N–H and O–H groups in total. The van der Waals surface area contributed by atoms with Gasteiger partial charge in [0.2, 0.25) is 0 Å². The van der Waals surface area contributed by atoms with E-state index in [1.807, 2.05) is 18.2 Å². The molecule has 0 atom stereocenters. The average molecular weight is 231 g/mol. The number of benzene rings is 1. The molecule has 2 aromatic rings. The first-order valence-corrected chi connectivity index (χ1v) is 5.65. The van der Waals surface area contributed by atoms with Crippen molar-refractivity contribution in [2.75, 3.05) is 0 Å². The van der Waals surface area contributed by atoms with Crippen molar-refractivity contribution in [3.05, 3.63) is 53.0 Å². The van der Waals surface area contributed by atoms with Crippen LogP contribution in [0.25, 0.3) is 0 Å². The molecule has 0 saturated heterocycles. The van der Waals surface area contributed by atoms with Crippen molar-refractivity contribution < 1.29 is 9.15 Å². The largest absolute Gasteiger partial charge is 0.486 e. The smallest absolute Gasteiger partial charge is 0.146 e. The predicted molar refractivity (Wildman–Crippen MR) is 66.8 cm³/mol. The highest BCUT2D eigenvalue weighted by atomic mass is 16.5. The summed E-state index contributed by atoms with van der Waals surface area (Å²) in [5.41, 5.74) is 8.99. The first kappa shape index (κ1) is 11.7. The third kappa shape index (κ3) is 2.88. The third-order valence-corrected chi connectivity index (χ3v) is 2.80. The molecule has 0 fully saturated rings. The van der Waals surface area contributed by atoms with Gasteiger partial charge in [0.1, 0.15) is 18.1 Å². The summed E-state index contributed by atoms with van der Waals surface area (Å²) in [6.45, 7) is 5.08. The lowest BCUT2D eigenvalue weighted by Gasteiger charge is -2.06. The van der Waals surface area contributed by atoms with Crippen LogP contribution in [0, 0.1) is 13.8 Å². The summed E-state index contributed by atoms with van der Waals surface area (Å²) in [7, 11) is 0. The fraction of sp³-hybridized carbons (Fsp3) is 0.286. The fourth-order valence-electron chi connectivity index (χ4n) is 1.57. The number of aryl methyl sites for hydroxylation is 2. The van der Waals surface area contributed by atoms with Gasteiger partial charge in [-0.25, -0.2) is 0 Å². The van der Waals surface area contributed by atoms with E-state index < -0.39 is 0 Å². The fourth-order valence-corrected chi connectivity index (χ4v) is 1.57. The molecule has 3 heteroatoms. The van der Waals surface area contributed by atoms with Gasteiger partial charge in [0.25, 0.3) is 0 Å². The quantitative estimate of drug-likeness (QED) is 0.880. The number of hydrogen-bond donors (Lipinski definition) is 1. The maximum atomic E-state index is 5.65. The monoisotopic (exact) mass is 231 g/mol. The number of nitrogens with two attached hydrogens (primary N) is 1. The van der Waals surface area contributed by atoms with Crippen LogP contribution in [-0.4, -0.2) is 0 Å². The van der Waals surface area contributed by atoms with Crippen molar-refractivity contribution in [1.29, 1.82) is 0 Å². The van der Waals surface area contributed by atoms with Crippen LogP contribution in [0.15, 0.2) is 34.9 Å². The Kier molecular flexibility index (Phi) is 3.49. The number of furan rings is 1. The molecule has 1 aromatic heterocycles. The van der Waals surface area contributed by atoms with Gasteiger partial charge in [-0.3, -0.25) is 0 Å². The second kappa shape index (κ2) is 5.06. The van der Waals surface area contributed by atoms with Crippen LogP contribution in [0.3, 0.4) is 0 Å². The Labute approximate surface area is 101 Å². The molecule has 0 aliphatic rings. The van der Waals surface area contributed by atoms with E-state index in [4.69, 9.17) is 14.9 Å². The van der Waals surface area contributed by atoms with Crippen LogP contribution >= 0.6 is 0 Å². The zero-order chi connectivity index (χ0) is 12.3. The lowest BCUT2D eigenvalue weighted by atomic mass is 10.1. The van der Waals surface area contributed by atoms with Crippen molar-refractivity contribution >= 4 is 0 Å². The zero-order valence-electron chi connectivity index (χ0n) is 10.2. The maximum Gasteiger partial charge on any atom is 0.146 e. The molecular weight excluding hydrogens is 214 g/mol. The second-order valence-corrected chi connectivity index (χ2v) is 4.16. The van der Waals surface area contributed by atoms with Crippen molar-refractivity contribution in [1.82, 2.24) is 0 Å². The molecule has 0 aliphatic carbocycles. The highest BCUT2D eigenvalue weighted by Crippen LogP contribution is 2.18. The highest BCUT2D eigenvalue weighted by molar-refractivity contribution is 5.33. The summed E-state index contributed by atoms with van der Waals surface area (Å²) in [5.74, 6) is 1.66. The van der Waals surface area contributed by atoms with Gasteiger partial charge in [-0.1, -0.05) is 6.07 Å². The first-order chi connectivity index (χ1) is 8.19. The minimum atomic E-state index is 0.433. The lowest BCUT2D eigenvalue weighted by molar-refractivity contribution is 0.270. The molecular formula is C14H17NO2. The highest BCUT2D eigenvalue weighted by Gasteiger charge is 2.02. The van der Waals surface area contributed by atoms with Crippen LogP contribution in [0.1, 0.15) is 22.5 Å². The molecule has 0 saturated carbocycles. The summed E-state index contributed by atoms with van der Waals surface area (Å²) >= 11 is 0. The van der Waals surface area contributed by atoms with E-state index in [1.165, 1.54) is 11.1 Å². The standard InChI is InChI=1S/C14H17NO2/c1-10-3-4-13(5-11(10)2)17-9-14-6-12(7-15)8-16-14/h3-6,8H,7,9,15H2,1-2H3. The molecule has 0 spiro atoms. The van der Waals surface area contributed by atoms with E-state index >= 15 is 0 Å². The van der Waals surface area contributed by atoms with Crippen molar-refractivity contribution in [2.45, 2.75) is 27.0 Å². The Balaban J connectivity index is 1.99. The molecule has 1 heterocycles. The molecule has 0 amide bonds. The van der Waals surface area contributed by atoms with E-state index in [1.54, 1.807) is 6.26 Å². The van der Waals surface area contributed by atoms with Gasteiger partial charge in [0.05, 0.1) is 6.26 Å². The summed E-state index contributed by atoms with van der Waals surface area (Å²) in [4.78, 5) is 0. The van der Waals surface area contributed by atoms with Gasteiger partial charge < -0.3 is 14.9 Å². The topological polar surface area (TPSA) is 48.4 Å². The van der Waals surface area contributed by atoms with Gasteiger partial charge in [-0.05, 0) is 43.2 Å². The van der Waals surface area contributed by atoms with E-state index in [0.29, 0.717) is 13.2 Å². The number of ether oxygens (including phenoxy) is 1. The minimum Gasteiger partial charge on any atom is -0.486 e. The molecule has 0 radical (unpaired) electrons.